The van der Waals surface area contributed by atoms with Gasteiger partial charge in [-0.05, 0) is 28.8 Å². The van der Waals surface area contributed by atoms with Crippen LogP contribution in [0.15, 0.2) is 90.1 Å². The lowest BCUT2D eigenvalue weighted by Gasteiger charge is -2.25. The molecule has 1 aliphatic heterocycles. The van der Waals surface area contributed by atoms with Crippen LogP contribution in [0.25, 0.3) is 16.8 Å². The number of likely N-dealkylation sites (N-methyl/N-ethyl adjacent to an activating group) is 1. The Balaban J connectivity index is 1.42. The molecule has 1 aliphatic rings. The van der Waals surface area contributed by atoms with E-state index in [1.54, 1.807) is 6.20 Å². The predicted octanol–water partition coefficient (Wildman–Crippen LogP) is 3.88. The molecule has 4 rings (SSSR count). The van der Waals surface area contributed by atoms with E-state index in [0.717, 1.165) is 22.4 Å². The number of benzene rings is 3. The summed E-state index contributed by atoms with van der Waals surface area (Å²) in [7, 11) is 1.96. The molecule has 3 aromatic carbocycles. The van der Waals surface area contributed by atoms with E-state index in [0.29, 0.717) is 24.5 Å². The van der Waals surface area contributed by atoms with Crippen LogP contribution in [-0.2, 0) is 6.54 Å². The van der Waals surface area contributed by atoms with Crippen molar-refractivity contribution in [1.82, 2.24) is 10.2 Å². The van der Waals surface area contributed by atoms with E-state index in [4.69, 9.17) is 5.73 Å². The predicted molar refractivity (Wildman–Crippen MR) is 122 cm³/mol. The maximum Gasteiger partial charge on any atom is 0.251 e. The second kappa shape index (κ2) is 8.66. The quantitative estimate of drug-likeness (QED) is 0.687. The van der Waals surface area contributed by atoms with Gasteiger partial charge in [0.25, 0.3) is 5.91 Å². The number of amides is 1. The standard InChI is InChI=1S/C25H24N4O/c1-29-17-24(26)27-16-23(29)21-8-5-9-22(14-21)25(30)28-15-18-10-12-20(13-11-18)19-6-3-2-4-7-19/h2-14,16H,15,17H2,1H3,(H2,26,27)(H,28,30). The Hall–Kier alpha value is -3.86. The number of amidine groups is 1. The molecule has 30 heavy (non-hydrogen) atoms. The van der Waals surface area contributed by atoms with Crippen molar-refractivity contribution in [3.05, 3.63) is 102 Å². The van der Waals surface area contributed by atoms with Gasteiger partial charge in [-0.25, -0.2) is 4.99 Å². The van der Waals surface area contributed by atoms with Crippen molar-refractivity contribution >= 4 is 17.4 Å². The number of carbonyl (C=O) groups excluding carboxylic acids is 1. The molecule has 0 radical (unpaired) electrons. The van der Waals surface area contributed by atoms with E-state index < -0.39 is 0 Å². The highest BCUT2D eigenvalue weighted by molar-refractivity contribution is 5.95. The number of hydrogen-bond donors (Lipinski definition) is 2. The highest BCUT2D eigenvalue weighted by Crippen LogP contribution is 2.22. The maximum absolute atomic E-state index is 12.7. The number of nitrogens with one attached hydrogen (secondary N) is 1. The average molecular weight is 396 g/mol. The third-order valence-electron chi connectivity index (χ3n) is 5.10. The van der Waals surface area contributed by atoms with Crippen molar-refractivity contribution in [2.45, 2.75) is 6.54 Å². The lowest BCUT2D eigenvalue weighted by molar-refractivity contribution is 0.0951. The largest absolute Gasteiger partial charge is 0.386 e. The molecule has 0 saturated heterocycles. The van der Waals surface area contributed by atoms with Crippen LogP contribution in [0.1, 0.15) is 21.5 Å². The molecule has 5 heteroatoms. The SMILES string of the molecule is CN1CC(N)=NC=C1c1cccc(C(=O)NCc2ccc(-c3ccccc3)cc2)c1. The summed E-state index contributed by atoms with van der Waals surface area (Å²) in [5.41, 5.74) is 11.7. The minimum absolute atomic E-state index is 0.105. The Morgan fingerprint density at radius 3 is 2.40 bits per heavy atom. The zero-order valence-corrected chi connectivity index (χ0v) is 16.9. The molecule has 1 amide bonds. The van der Waals surface area contributed by atoms with Gasteiger partial charge in [0.15, 0.2) is 0 Å². The third-order valence-corrected chi connectivity index (χ3v) is 5.10. The van der Waals surface area contributed by atoms with Crippen molar-refractivity contribution in [3.8, 4) is 11.1 Å². The summed E-state index contributed by atoms with van der Waals surface area (Å²) < 4.78 is 0. The van der Waals surface area contributed by atoms with Gasteiger partial charge in [-0.2, -0.15) is 0 Å². The van der Waals surface area contributed by atoms with Crippen molar-refractivity contribution in [1.29, 1.82) is 0 Å². The molecule has 0 spiro atoms. The first-order valence-corrected chi connectivity index (χ1v) is 9.86. The van der Waals surface area contributed by atoms with Crippen molar-refractivity contribution in [3.63, 3.8) is 0 Å². The van der Waals surface area contributed by atoms with E-state index in [9.17, 15) is 4.79 Å². The maximum atomic E-state index is 12.7. The molecule has 3 aromatic rings. The summed E-state index contributed by atoms with van der Waals surface area (Å²) >= 11 is 0. The fraction of sp³-hybridized carbons (Fsp3) is 0.120. The number of rotatable bonds is 5. The first-order chi connectivity index (χ1) is 14.6. The van der Waals surface area contributed by atoms with E-state index >= 15 is 0 Å². The molecule has 0 bridgehead atoms. The topological polar surface area (TPSA) is 70.7 Å². The molecular formula is C25H24N4O. The van der Waals surface area contributed by atoms with Gasteiger partial charge < -0.3 is 16.0 Å². The van der Waals surface area contributed by atoms with Crippen LogP contribution >= 0.6 is 0 Å². The lowest BCUT2D eigenvalue weighted by Crippen LogP contribution is -2.32. The first-order valence-electron chi connectivity index (χ1n) is 9.86. The molecule has 5 nitrogen and oxygen atoms in total. The first kappa shape index (κ1) is 19.5. The van der Waals surface area contributed by atoms with Gasteiger partial charge in [0.05, 0.1) is 18.4 Å². The Labute approximate surface area is 176 Å². The summed E-state index contributed by atoms with van der Waals surface area (Å²) in [6.07, 6.45) is 1.74. The summed E-state index contributed by atoms with van der Waals surface area (Å²) in [5, 5.41) is 3.00. The molecule has 0 aromatic heterocycles. The monoisotopic (exact) mass is 396 g/mol. The van der Waals surface area contributed by atoms with Gasteiger partial charge in [-0.3, -0.25) is 4.79 Å². The van der Waals surface area contributed by atoms with Crippen LogP contribution in [0.5, 0.6) is 0 Å². The van der Waals surface area contributed by atoms with E-state index in [-0.39, 0.29) is 5.91 Å². The van der Waals surface area contributed by atoms with Crippen LogP contribution in [-0.4, -0.2) is 30.2 Å². The highest BCUT2D eigenvalue weighted by Gasteiger charge is 2.14. The second-order valence-electron chi connectivity index (χ2n) is 7.32. The van der Waals surface area contributed by atoms with Crippen LogP contribution in [0, 0.1) is 0 Å². The second-order valence-corrected chi connectivity index (χ2v) is 7.32. The average Bonchev–Trinajstić information content (AvgIpc) is 2.78. The van der Waals surface area contributed by atoms with Crippen molar-refractivity contribution in [2.24, 2.45) is 10.7 Å². The molecule has 0 atom stereocenters. The van der Waals surface area contributed by atoms with Crippen LogP contribution < -0.4 is 11.1 Å². The summed E-state index contributed by atoms with van der Waals surface area (Å²) in [6, 6.07) is 26.0. The zero-order valence-electron chi connectivity index (χ0n) is 16.9. The lowest BCUT2D eigenvalue weighted by atomic mass is 10.0. The van der Waals surface area contributed by atoms with Gasteiger partial charge in [-0.15, -0.1) is 0 Å². The minimum atomic E-state index is -0.105. The number of nitrogens with two attached hydrogens (primary N) is 1. The van der Waals surface area contributed by atoms with Gasteiger partial charge in [0, 0.05) is 24.7 Å². The molecule has 0 saturated carbocycles. The number of nitrogens with zero attached hydrogens (tertiary/aromatic N) is 2. The van der Waals surface area contributed by atoms with E-state index in [1.807, 2.05) is 66.5 Å². The van der Waals surface area contributed by atoms with Crippen LogP contribution in [0.4, 0.5) is 0 Å². The third kappa shape index (κ3) is 4.41. The van der Waals surface area contributed by atoms with Gasteiger partial charge >= 0.3 is 0 Å². The molecule has 1 heterocycles. The zero-order chi connectivity index (χ0) is 20.9. The highest BCUT2D eigenvalue weighted by atomic mass is 16.1. The Morgan fingerprint density at radius 1 is 0.967 bits per heavy atom. The summed E-state index contributed by atoms with van der Waals surface area (Å²) in [6.45, 7) is 1.04. The Morgan fingerprint density at radius 2 is 1.67 bits per heavy atom. The number of hydrogen-bond acceptors (Lipinski definition) is 4. The molecule has 0 aliphatic carbocycles. The Bertz CT molecular complexity index is 1100. The molecule has 0 fully saturated rings. The van der Waals surface area contributed by atoms with Gasteiger partial charge in [0.1, 0.15) is 5.84 Å². The van der Waals surface area contributed by atoms with E-state index in [1.165, 1.54) is 5.56 Å². The molecule has 150 valence electrons. The van der Waals surface area contributed by atoms with Gasteiger partial charge in [-0.1, -0.05) is 66.7 Å². The molecule has 0 unspecified atom stereocenters. The summed E-state index contributed by atoms with van der Waals surface area (Å²) in [4.78, 5) is 18.9. The van der Waals surface area contributed by atoms with Crippen molar-refractivity contribution in [2.75, 3.05) is 13.6 Å². The normalized spacial score (nSPS) is 13.4. The summed E-state index contributed by atoms with van der Waals surface area (Å²) in [5.74, 6) is 0.472. The molecular weight excluding hydrogens is 372 g/mol. The van der Waals surface area contributed by atoms with Crippen LogP contribution in [0.3, 0.4) is 0 Å². The fourth-order valence-electron chi connectivity index (χ4n) is 3.46. The smallest absolute Gasteiger partial charge is 0.251 e. The fourth-order valence-corrected chi connectivity index (χ4v) is 3.46. The number of carbonyl (C=O) groups is 1. The number of aliphatic imine (C=N–C) groups is 1. The van der Waals surface area contributed by atoms with Gasteiger partial charge in [0.2, 0.25) is 0 Å². The van der Waals surface area contributed by atoms with Crippen LogP contribution in [0.2, 0.25) is 0 Å². The minimum Gasteiger partial charge on any atom is -0.386 e. The Kier molecular flexibility index (Phi) is 5.61. The molecule has 3 N–H and O–H groups in total. The van der Waals surface area contributed by atoms with Crippen molar-refractivity contribution < 1.29 is 4.79 Å². The van der Waals surface area contributed by atoms with E-state index in [2.05, 4.69) is 34.6 Å².